The molecule has 0 saturated heterocycles. The molecule has 0 saturated carbocycles. The van der Waals surface area contributed by atoms with Crippen molar-refractivity contribution in [1.29, 1.82) is 0 Å². The van der Waals surface area contributed by atoms with Crippen LogP contribution in [0.5, 0.6) is 5.75 Å². The second-order valence-electron chi connectivity index (χ2n) is 6.29. The highest BCUT2D eigenvalue weighted by Gasteiger charge is 2.23. The third-order valence-electron chi connectivity index (χ3n) is 4.62. The monoisotopic (exact) mass is 431 g/mol. The zero-order valence-corrected chi connectivity index (χ0v) is 16.8. The first-order chi connectivity index (χ1) is 12.7. The summed E-state index contributed by atoms with van der Waals surface area (Å²) in [5.74, 6) is 1.84. The van der Waals surface area contributed by atoms with Crippen molar-refractivity contribution in [2.75, 3.05) is 19.0 Å². The highest BCUT2D eigenvalue weighted by molar-refractivity contribution is 9.10. The zero-order chi connectivity index (χ0) is 18.1. The number of halogens is 2. The first-order valence-corrected chi connectivity index (χ1v) is 9.80. The molecule has 0 radical (unpaired) electrons. The van der Waals surface area contributed by atoms with Crippen molar-refractivity contribution in [1.82, 2.24) is 9.78 Å². The fourth-order valence-corrected chi connectivity index (χ4v) is 3.79. The Bertz CT molecular complexity index is 937. The molecule has 1 aliphatic rings. The van der Waals surface area contributed by atoms with E-state index in [4.69, 9.17) is 21.4 Å². The van der Waals surface area contributed by atoms with Gasteiger partial charge in [-0.3, -0.25) is 0 Å². The summed E-state index contributed by atoms with van der Waals surface area (Å²) in [5.41, 5.74) is 4.09. The highest BCUT2D eigenvalue weighted by Crippen LogP contribution is 2.39. The van der Waals surface area contributed by atoms with E-state index in [1.165, 1.54) is 5.56 Å². The predicted octanol–water partition coefficient (Wildman–Crippen LogP) is 5.71. The quantitative estimate of drug-likeness (QED) is 0.576. The molecule has 0 fully saturated rings. The number of aromatic nitrogens is 2. The fourth-order valence-electron chi connectivity index (χ4n) is 3.35. The molecule has 0 aliphatic carbocycles. The summed E-state index contributed by atoms with van der Waals surface area (Å²) >= 11 is 9.77. The third-order valence-corrected chi connectivity index (χ3v) is 5.38. The first kappa shape index (κ1) is 17.4. The van der Waals surface area contributed by atoms with Crippen LogP contribution in [0.15, 0.2) is 46.9 Å². The minimum Gasteiger partial charge on any atom is -0.496 e. The number of rotatable bonds is 3. The van der Waals surface area contributed by atoms with Crippen LogP contribution in [0, 0.1) is 0 Å². The fraction of sp³-hybridized carbons (Fsp3) is 0.250. The summed E-state index contributed by atoms with van der Waals surface area (Å²) in [6.07, 6.45) is 3.24. The molecule has 0 unspecified atom stereocenters. The number of anilines is 1. The molecule has 1 aliphatic heterocycles. The average molecular weight is 433 g/mol. The number of methoxy groups -OCH3 is 1. The summed E-state index contributed by atoms with van der Waals surface area (Å²) in [7, 11) is 1.68. The van der Waals surface area contributed by atoms with Crippen LogP contribution >= 0.6 is 27.5 Å². The summed E-state index contributed by atoms with van der Waals surface area (Å²) in [6, 6.07) is 13.8. The van der Waals surface area contributed by atoms with E-state index in [1.807, 2.05) is 35.0 Å². The summed E-state index contributed by atoms with van der Waals surface area (Å²) < 4.78 is 8.61. The maximum atomic E-state index is 6.27. The van der Waals surface area contributed by atoms with Crippen molar-refractivity contribution in [3.05, 3.63) is 57.5 Å². The van der Waals surface area contributed by atoms with Gasteiger partial charge in [0.05, 0.1) is 12.8 Å². The summed E-state index contributed by atoms with van der Waals surface area (Å²) in [4.78, 5) is 0. The van der Waals surface area contributed by atoms with E-state index >= 15 is 0 Å². The van der Waals surface area contributed by atoms with Crippen LogP contribution in [0.1, 0.15) is 18.4 Å². The first-order valence-electron chi connectivity index (χ1n) is 8.63. The molecule has 134 valence electrons. The van der Waals surface area contributed by atoms with Crippen molar-refractivity contribution in [2.24, 2.45) is 0 Å². The van der Waals surface area contributed by atoms with Gasteiger partial charge in [-0.05, 0) is 61.7 Å². The highest BCUT2D eigenvalue weighted by atomic mass is 79.9. The maximum Gasteiger partial charge on any atom is 0.133 e. The molecule has 0 spiro atoms. The topological polar surface area (TPSA) is 39.1 Å². The van der Waals surface area contributed by atoms with Crippen molar-refractivity contribution in [3.8, 4) is 22.7 Å². The van der Waals surface area contributed by atoms with Crippen LogP contribution in [0.3, 0.4) is 0 Å². The van der Waals surface area contributed by atoms with Crippen LogP contribution in [0.25, 0.3) is 16.9 Å². The van der Waals surface area contributed by atoms with Gasteiger partial charge in [0, 0.05) is 27.2 Å². The number of fused-ring (bicyclic) bond motifs is 1. The molecule has 0 amide bonds. The van der Waals surface area contributed by atoms with Gasteiger partial charge in [0.1, 0.15) is 17.3 Å². The lowest BCUT2D eigenvalue weighted by atomic mass is 10.0. The normalized spacial score (nSPS) is 13.7. The molecule has 4 rings (SSSR count). The Balaban J connectivity index is 1.93. The van der Waals surface area contributed by atoms with Crippen molar-refractivity contribution in [3.63, 3.8) is 0 Å². The van der Waals surface area contributed by atoms with Gasteiger partial charge in [0.2, 0.25) is 0 Å². The molecule has 26 heavy (non-hydrogen) atoms. The van der Waals surface area contributed by atoms with Gasteiger partial charge in [-0.1, -0.05) is 27.5 Å². The van der Waals surface area contributed by atoms with Crippen molar-refractivity contribution in [2.45, 2.75) is 19.3 Å². The number of nitrogens with zero attached hydrogens (tertiary/aromatic N) is 2. The standard InChI is InChI=1S/C20H19BrClN3O/c1-26-18-10-7-14(22)12-17(18)19-16-4-2-3-11-23-20(16)25(24-19)15-8-5-13(21)6-9-15/h5-10,12,23H,2-4,11H2,1H3. The van der Waals surface area contributed by atoms with Crippen LogP contribution in [-0.4, -0.2) is 23.4 Å². The van der Waals surface area contributed by atoms with E-state index in [9.17, 15) is 0 Å². The molecule has 1 N–H and O–H groups in total. The molecule has 4 nitrogen and oxygen atoms in total. The Morgan fingerprint density at radius 2 is 1.96 bits per heavy atom. The van der Waals surface area contributed by atoms with Gasteiger partial charge < -0.3 is 10.1 Å². The average Bonchev–Trinajstić information content (AvgIpc) is 2.84. The molecule has 3 aromatic rings. The lowest BCUT2D eigenvalue weighted by Gasteiger charge is -2.09. The Labute approximate surface area is 166 Å². The second kappa shape index (κ2) is 7.33. The van der Waals surface area contributed by atoms with E-state index in [-0.39, 0.29) is 0 Å². The van der Waals surface area contributed by atoms with Gasteiger partial charge in [-0.25, -0.2) is 4.68 Å². The maximum absolute atomic E-state index is 6.27. The van der Waals surface area contributed by atoms with Crippen LogP contribution in [0.2, 0.25) is 5.02 Å². The molecular weight excluding hydrogens is 414 g/mol. The van der Waals surface area contributed by atoms with Crippen LogP contribution in [-0.2, 0) is 6.42 Å². The predicted molar refractivity (Wildman–Crippen MR) is 110 cm³/mol. The van der Waals surface area contributed by atoms with Gasteiger partial charge in [-0.15, -0.1) is 0 Å². The summed E-state index contributed by atoms with van der Waals surface area (Å²) in [5, 5.41) is 9.19. The molecule has 1 aromatic heterocycles. The van der Waals surface area contributed by atoms with Crippen molar-refractivity contribution < 1.29 is 4.74 Å². The van der Waals surface area contributed by atoms with E-state index in [0.717, 1.165) is 58.8 Å². The van der Waals surface area contributed by atoms with Crippen LogP contribution < -0.4 is 10.1 Å². The van der Waals surface area contributed by atoms with E-state index in [2.05, 4.69) is 33.4 Å². The van der Waals surface area contributed by atoms with Gasteiger partial charge in [0.15, 0.2) is 0 Å². The minimum atomic E-state index is 0.675. The van der Waals surface area contributed by atoms with Crippen LogP contribution in [0.4, 0.5) is 5.82 Å². The van der Waals surface area contributed by atoms with Crippen molar-refractivity contribution >= 4 is 33.3 Å². The third kappa shape index (κ3) is 3.21. The van der Waals surface area contributed by atoms with E-state index < -0.39 is 0 Å². The molecule has 0 atom stereocenters. The molecule has 2 heterocycles. The number of hydrogen-bond donors (Lipinski definition) is 1. The Hall–Kier alpha value is -1.98. The summed E-state index contributed by atoms with van der Waals surface area (Å²) in [6.45, 7) is 0.946. The van der Waals surface area contributed by atoms with Gasteiger partial charge in [-0.2, -0.15) is 5.10 Å². The Morgan fingerprint density at radius 3 is 2.73 bits per heavy atom. The minimum absolute atomic E-state index is 0.675. The molecule has 6 heteroatoms. The lowest BCUT2D eigenvalue weighted by molar-refractivity contribution is 0.416. The zero-order valence-electron chi connectivity index (χ0n) is 14.4. The lowest BCUT2D eigenvalue weighted by Crippen LogP contribution is -2.07. The second-order valence-corrected chi connectivity index (χ2v) is 7.64. The largest absolute Gasteiger partial charge is 0.496 e. The number of hydrogen-bond acceptors (Lipinski definition) is 3. The molecular formula is C20H19BrClN3O. The number of ether oxygens (including phenoxy) is 1. The Kier molecular flexibility index (Phi) is 4.92. The Morgan fingerprint density at radius 1 is 1.15 bits per heavy atom. The number of nitrogens with one attached hydrogen (secondary N) is 1. The van der Waals surface area contributed by atoms with Gasteiger partial charge in [0.25, 0.3) is 0 Å². The SMILES string of the molecule is COc1ccc(Cl)cc1-c1nn(-c2ccc(Br)cc2)c2c1CCCCN2. The van der Waals surface area contributed by atoms with E-state index in [1.54, 1.807) is 7.11 Å². The van der Waals surface area contributed by atoms with E-state index in [0.29, 0.717) is 5.02 Å². The smallest absolute Gasteiger partial charge is 0.133 e. The molecule has 0 bridgehead atoms. The number of benzene rings is 2. The molecule has 2 aromatic carbocycles. The van der Waals surface area contributed by atoms with Gasteiger partial charge >= 0.3 is 0 Å².